The SMILES string of the molecule is Oc1ccc(SC(F)(F)F)cc1NC(=S)c1ccncc1. The number of rotatable bonds is 3. The first-order valence-electron chi connectivity index (χ1n) is 5.65. The second kappa shape index (κ2) is 6.31. The number of thioether (sulfide) groups is 1. The van der Waals surface area contributed by atoms with Crippen LogP contribution in [0.25, 0.3) is 0 Å². The van der Waals surface area contributed by atoms with Gasteiger partial charge in [0.25, 0.3) is 0 Å². The molecule has 2 N–H and O–H groups in total. The molecular formula is C13H9F3N2OS2. The van der Waals surface area contributed by atoms with E-state index < -0.39 is 5.51 Å². The second-order valence-corrected chi connectivity index (χ2v) is 5.46. The Morgan fingerprint density at radius 3 is 2.48 bits per heavy atom. The van der Waals surface area contributed by atoms with Crippen LogP contribution in [-0.2, 0) is 0 Å². The number of anilines is 1. The highest BCUT2D eigenvalue weighted by Gasteiger charge is 2.29. The molecule has 2 rings (SSSR count). The fraction of sp³-hybridized carbons (Fsp3) is 0.0769. The van der Waals surface area contributed by atoms with Crippen LogP contribution in [0.15, 0.2) is 47.6 Å². The summed E-state index contributed by atoms with van der Waals surface area (Å²) >= 11 is 4.88. The molecule has 0 saturated carbocycles. The Labute approximate surface area is 128 Å². The van der Waals surface area contributed by atoms with E-state index in [1.807, 2.05) is 0 Å². The van der Waals surface area contributed by atoms with Crippen LogP contribution >= 0.6 is 24.0 Å². The molecule has 110 valence electrons. The summed E-state index contributed by atoms with van der Waals surface area (Å²) < 4.78 is 37.0. The summed E-state index contributed by atoms with van der Waals surface area (Å²) in [5.74, 6) is -0.182. The minimum atomic E-state index is -4.39. The summed E-state index contributed by atoms with van der Waals surface area (Å²) in [6, 6.07) is 6.88. The molecule has 1 aromatic carbocycles. The van der Waals surface area contributed by atoms with Gasteiger partial charge in [0.1, 0.15) is 10.7 Å². The van der Waals surface area contributed by atoms with Crippen LogP contribution < -0.4 is 5.32 Å². The summed E-state index contributed by atoms with van der Waals surface area (Å²) in [6.07, 6.45) is 3.08. The van der Waals surface area contributed by atoms with Gasteiger partial charge >= 0.3 is 5.51 Å². The molecule has 0 radical (unpaired) electrons. The normalized spacial score (nSPS) is 11.2. The number of thiocarbonyl (C=S) groups is 1. The minimum Gasteiger partial charge on any atom is -0.506 e. The number of alkyl halides is 3. The van der Waals surface area contributed by atoms with E-state index in [1.54, 1.807) is 24.5 Å². The number of nitrogens with one attached hydrogen (secondary N) is 1. The van der Waals surface area contributed by atoms with Crippen molar-refractivity contribution in [2.75, 3.05) is 5.32 Å². The molecule has 0 unspecified atom stereocenters. The third-order valence-electron chi connectivity index (χ3n) is 2.39. The van der Waals surface area contributed by atoms with Crippen molar-refractivity contribution in [3.63, 3.8) is 0 Å². The zero-order chi connectivity index (χ0) is 15.5. The molecule has 0 aliphatic rings. The highest BCUT2D eigenvalue weighted by Crippen LogP contribution is 2.39. The molecule has 0 saturated heterocycles. The number of hydrogen-bond acceptors (Lipinski definition) is 4. The molecule has 3 nitrogen and oxygen atoms in total. The van der Waals surface area contributed by atoms with Crippen molar-refractivity contribution in [2.45, 2.75) is 10.4 Å². The van der Waals surface area contributed by atoms with Gasteiger partial charge in [0, 0.05) is 22.9 Å². The largest absolute Gasteiger partial charge is 0.506 e. The summed E-state index contributed by atoms with van der Waals surface area (Å²) in [5, 5.41) is 12.4. The molecule has 1 heterocycles. The van der Waals surface area contributed by atoms with E-state index in [0.29, 0.717) is 5.56 Å². The second-order valence-electron chi connectivity index (χ2n) is 3.92. The van der Waals surface area contributed by atoms with Crippen molar-refractivity contribution < 1.29 is 18.3 Å². The Kier molecular flexibility index (Phi) is 4.69. The van der Waals surface area contributed by atoms with E-state index in [1.165, 1.54) is 18.2 Å². The Morgan fingerprint density at radius 1 is 1.19 bits per heavy atom. The molecular weight excluding hydrogens is 321 g/mol. The van der Waals surface area contributed by atoms with Gasteiger partial charge < -0.3 is 10.4 Å². The fourth-order valence-corrected chi connectivity index (χ4v) is 2.34. The Balaban J connectivity index is 2.20. The zero-order valence-electron chi connectivity index (χ0n) is 10.4. The van der Waals surface area contributed by atoms with Gasteiger partial charge in [-0.15, -0.1) is 0 Å². The molecule has 2 aromatic rings. The average Bonchev–Trinajstić information content (AvgIpc) is 2.42. The first-order chi connectivity index (χ1) is 9.85. The van der Waals surface area contributed by atoms with Gasteiger partial charge in [-0.3, -0.25) is 4.98 Å². The number of aromatic hydroxyl groups is 1. The Hall–Kier alpha value is -1.80. The van der Waals surface area contributed by atoms with Crippen LogP contribution in [-0.4, -0.2) is 20.6 Å². The summed E-state index contributed by atoms with van der Waals surface area (Å²) in [4.78, 5) is 4.08. The van der Waals surface area contributed by atoms with E-state index in [4.69, 9.17) is 12.2 Å². The molecule has 0 atom stereocenters. The maximum Gasteiger partial charge on any atom is 0.446 e. The molecule has 0 aliphatic heterocycles. The molecule has 21 heavy (non-hydrogen) atoms. The Bertz CT molecular complexity index is 648. The third kappa shape index (κ3) is 4.61. The number of phenolic OH excluding ortho intramolecular Hbond substituents is 1. The lowest BCUT2D eigenvalue weighted by Crippen LogP contribution is -2.10. The standard InChI is InChI=1S/C13H9F3N2OS2/c14-13(15,16)21-9-1-2-11(19)10(7-9)18-12(20)8-3-5-17-6-4-8/h1-7,19H,(H,18,20). The van der Waals surface area contributed by atoms with Gasteiger partial charge in [-0.1, -0.05) is 12.2 Å². The monoisotopic (exact) mass is 330 g/mol. The van der Waals surface area contributed by atoms with E-state index in [2.05, 4.69) is 10.3 Å². The lowest BCUT2D eigenvalue weighted by Gasteiger charge is -2.12. The molecule has 0 spiro atoms. The molecule has 0 bridgehead atoms. The van der Waals surface area contributed by atoms with Gasteiger partial charge in [-0.25, -0.2) is 0 Å². The number of hydrogen-bond donors (Lipinski definition) is 2. The zero-order valence-corrected chi connectivity index (χ0v) is 12.0. The Morgan fingerprint density at radius 2 is 1.86 bits per heavy atom. The first-order valence-corrected chi connectivity index (χ1v) is 6.88. The lowest BCUT2D eigenvalue weighted by atomic mass is 10.2. The fourth-order valence-electron chi connectivity index (χ4n) is 1.51. The van der Waals surface area contributed by atoms with Gasteiger partial charge in [0.2, 0.25) is 0 Å². The maximum atomic E-state index is 12.3. The number of benzene rings is 1. The van der Waals surface area contributed by atoms with Gasteiger partial charge in [-0.2, -0.15) is 13.2 Å². The van der Waals surface area contributed by atoms with E-state index in [0.717, 1.165) is 0 Å². The molecule has 1 aromatic heterocycles. The van der Waals surface area contributed by atoms with Crippen molar-refractivity contribution in [1.29, 1.82) is 0 Å². The quantitative estimate of drug-likeness (QED) is 0.502. The number of pyridine rings is 1. The van der Waals surface area contributed by atoms with Crippen molar-refractivity contribution in [1.82, 2.24) is 4.98 Å². The highest BCUT2D eigenvalue weighted by atomic mass is 32.2. The molecule has 8 heteroatoms. The van der Waals surface area contributed by atoms with Gasteiger partial charge in [0.05, 0.1) is 5.69 Å². The lowest BCUT2D eigenvalue weighted by molar-refractivity contribution is -0.0328. The smallest absolute Gasteiger partial charge is 0.446 e. The van der Waals surface area contributed by atoms with Crippen LogP contribution in [0.5, 0.6) is 5.75 Å². The van der Waals surface area contributed by atoms with E-state index in [-0.39, 0.29) is 33.1 Å². The van der Waals surface area contributed by atoms with Crippen LogP contribution in [0.2, 0.25) is 0 Å². The summed E-state index contributed by atoms with van der Waals surface area (Å²) in [5.41, 5.74) is -3.63. The number of nitrogens with zero attached hydrogens (tertiary/aromatic N) is 1. The van der Waals surface area contributed by atoms with Crippen LogP contribution in [0.3, 0.4) is 0 Å². The molecule has 0 fully saturated rings. The van der Waals surface area contributed by atoms with Crippen LogP contribution in [0.1, 0.15) is 5.56 Å². The number of halogens is 3. The van der Waals surface area contributed by atoms with Crippen molar-refractivity contribution in [2.24, 2.45) is 0 Å². The molecule has 0 amide bonds. The average molecular weight is 330 g/mol. The van der Waals surface area contributed by atoms with Crippen molar-refractivity contribution >= 4 is 34.7 Å². The third-order valence-corrected chi connectivity index (χ3v) is 3.45. The van der Waals surface area contributed by atoms with E-state index in [9.17, 15) is 18.3 Å². The first kappa shape index (κ1) is 15.6. The molecule has 0 aliphatic carbocycles. The van der Waals surface area contributed by atoms with Crippen LogP contribution in [0.4, 0.5) is 18.9 Å². The maximum absolute atomic E-state index is 12.3. The van der Waals surface area contributed by atoms with Crippen molar-refractivity contribution in [3.05, 3.63) is 48.3 Å². The summed E-state index contributed by atoms with van der Waals surface area (Å²) in [7, 11) is 0. The van der Waals surface area contributed by atoms with Crippen molar-refractivity contribution in [3.8, 4) is 5.75 Å². The summed E-state index contributed by atoms with van der Waals surface area (Å²) in [6.45, 7) is 0. The predicted molar refractivity (Wildman–Crippen MR) is 79.6 cm³/mol. The topological polar surface area (TPSA) is 45.1 Å². The number of phenols is 1. The predicted octanol–water partition coefficient (Wildman–Crippen LogP) is 4.19. The highest BCUT2D eigenvalue weighted by molar-refractivity contribution is 8.00. The van der Waals surface area contributed by atoms with Gasteiger partial charge in [-0.05, 0) is 42.1 Å². The van der Waals surface area contributed by atoms with E-state index >= 15 is 0 Å². The van der Waals surface area contributed by atoms with Crippen LogP contribution in [0, 0.1) is 0 Å². The number of aromatic nitrogens is 1. The minimum absolute atomic E-state index is 0.0414. The van der Waals surface area contributed by atoms with Gasteiger partial charge in [0.15, 0.2) is 0 Å².